The second kappa shape index (κ2) is 9.45. The molecule has 2 aromatic carbocycles. The standard InChI is InChI=1S/C22H23N3O4/c1-27-18-11-17(12-19(28-2)21(18)29-3)25-20-10-9-16(14-23-20)22(26)24-13-15-7-5-4-6-8-15/h4-12,14H,13H2,1-3H3,(H,23,25)(H,24,26). The third-order valence-electron chi connectivity index (χ3n) is 4.26. The lowest BCUT2D eigenvalue weighted by atomic mass is 10.2. The van der Waals surface area contributed by atoms with Gasteiger partial charge < -0.3 is 24.8 Å². The predicted octanol–water partition coefficient (Wildman–Crippen LogP) is 3.78. The number of rotatable bonds is 8. The normalized spacial score (nSPS) is 10.2. The lowest BCUT2D eigenvalue weighted by Crippen LogP contribution is -2.22. The number of anilines is 2. The molecule has 0 spiro atoms. The van der Waals surface area contributed by atoms with Gasteiger partial charge in [-0.05, 0) is 17.7 Å². The maximum absolute atomic E-state index is 12.3. The van der Waals surface area contributed by atoms with E-state index < -0.39 is 0 Å². The fraction of sp³-hybridized carbons (Fsp3) is 0.182. The summed E-state index contributed by atoms with van der Waals surface area (Å²) in [4.78, 5) is 16.6. The number of hydrogen-bond acceptors (Lipinski definition) is 6. The number of ether oxygens (including phenoxy) is 3. The van der Waals surface area contributed by atoms with Gasteiger partial charge in [0.1, 0.15) is 5.82 Å². The smallest absolute Gasteiger partial charge is 0.253 e. The van der Waals surface area contributed by atoms with E-state index in [0.29, 0.717) is 40.9 Å². The van der Waals surface area contributed by atoms with Gasteiger partial charge in [-0.15, -0.1) is 0 Å². The fourth-order valence-corrected chi connectivity index (χ4v) is 2.78. The predicted molar refractivity (Wildman–Crippen MR) is 111 cm³/mol. The quantitative estimate of drug-likeness (QED) is 0.606. The maximum Gasteiger partial charge on any atom is 0.253 e. The molecule has 7 nitrogen and oxygen atoms in total. The van der Waals surface area contributed by atoms with Gasteiger partial charge in [0.25, 0.3) is 5.91 Å². The van der Waals surface area contributed by atoms with Gasteiger partial charge in [0.15, 0.2) is 11.5 Å². The van der Waals surface area contributed by atoms with Crippen molar-refractivity contribution in [2.24, 2.45) is 0 Å². The fourth-order valence-electron chi connectivity index (χ4n) is 2.78. The largest absolute Gasteiger partial charge is 0.493 e. The van der Waals surface area contributed by atoms with Gasteiger partial charge in [-0.3, -0.25) is 4.79 Å². The molecule has 0 aliphatic heterocycles. The van der Waals surface area contributed by atoms with E-state index in [2.05, 4.69) is 15.6 Å². The molecule has 7 heteroatoms. The van der Waals surface area contributed by atoms with Crippen molar-refractivity contribution in [2.45, 2.75) is 6.54 Å². The molecule has 1 aromatic heterocycles. The third-order valence-corrected chi connectivity index (χ3v) is 4.26. The van der Waals surface area contributed by atoms with Crippen molar-refractivity contribution >= 4 is 17.4 Å². The monoisotopic (exact) mass is 393 g/mol. The second-order valence-corrected chi connectivity index (χ2v) is 6.14. The number of amides is 1. The van der Waals surface area contributed by atoms with E-state index in [1.807, 2.05) is 30.3 Å². The molecular formula is C22H23N3O4. The molecule has 3 rings (SSSR count). The Bertz CT molecular complexity index is 935. The number of aromatic nitrogens is 1. The molecule has 29 heavy (non-hydrogen) atoms. The molecule has 0 saturated carbocycles. The van der Waals surface area contributed by atoms with Crippen LogP contribution in [0.25, 0.3) is 0 Å². The highest BCUT2D eigenvalue weighted by molar-refractivity contribution is 5.94. The minimum atomic E-state index is -0.180. The molecule has 0 aliphatic carbocycles. The van der Waals surface area contributed by atoms with Crippen molar-refractivity contribution in [3.05, 3.63) is 71.9 Å². The van der Waals surface area contributed by atoms with Crippen molar-refractivity contribution in [1.29, 1.82) is 0 Å². The first-order chi connectivity index (χ1) is 14.1. The Morgan fingerprint density at radius 3 is 2.17 bits per heavy atom. The SMILES string of the molecule is COc1cc(Nc2ccc(C(=O)NCc3ccccc3)cn2)cc(OC)c1OC. The molecule has 0 bridgehead atoms. The van der Waals surface area contributed by atoms with Gasteiger partial charge in [-0.1, -0.05) is 30.3 Å². The number of nitrogens with zero attached hydrogens (tertiary/aromatic N) is 1. The lowest BCUT2D eigenvalue weighted by molar-refractivity contribution is 0.0950. The van der Waals surface area contributed by atoms with E-state index >= 15 is 0 Å². The summed E-state index contributed by atoms with van der Waals surface area (Å²) in [6.07, 6.45) is 1.53. The van der Waals surface area contributed by atoms with Crippen molar-refractivity contribution in [1.82, 2.24) is 10.3 Å². The number of hydrogen-bond donors (Lipinski definition) is 2. The van der Waals surface area contributed by atoms with E-state index in [0.717, 1.165) is 5.56 Å². The van der Waals surface area contributed by atoms with Crippen LogP contribution in [0.2, 0.25) is 0 Å². The number of pyridine rings is 1. The molecule has 0 unspecified atom stereocenters. The highest BCUT2D eigenvalue weighted by Gasteiger charge is 2.14. The van der Waals surface area contributed by atoms with Crippen LogP contribution in [0.15, 0.2) is 60.8 Å². The minimum absolute atomic E-state index is 0.180. The lowest BCUT2D eigenvalue weighted by Gasteiger charge is -2.15. The van der Waals surface area contributed by atoms with Crippen LogP contribution < -0.4 is 24.8 Å². The summed E-state index contributed by atoms with van der Waals surface area (Å²) in [5, 5.41) is 6.05. The van der Waals surface area contributed by atoms with Crippen molar-refractivity contribution in [3.63, 3.8) is 0 Å². The van der Waals surface area contributed by atoms with Crippen LogP contribution in [0.5, 0.6) is 17.2 Å². The molecule has 2 N–H and O–H groups in total. The zero-order valence-electron chi connectivity index (χ0n) is 16.6. The molecule has 0 fully saturated rings. The third kappa shape index (κ3) is 4.95. The summed E-state index contributed by atoms with van der Waals surface area (Å²) in [5.41, 5.74) is 2.24. The summed E-state index contributed by atoms with van der Waals surface area (Å²) >= 11 is 0. The topological polar surface area (TPSA) is 81.7 Å². The molecule has 1 amide bonds. The average molecular weight is 393 g/mol. The summed E-state index contributed by atoms with van der Waals surface area (Å²) < 4.78 is 16.0. The van der Waals surface area contributed by atoms with Gasteiger partial charge in [0, 0.05) is 30.6 Å². The van der Waals surface area contributed by atoms with Crippen LogP contribution in [-0.2, 0) is 6.54 Å². The highest BCUT2D eigenvalue weighted by Crippen LogP contribution is 2.40. The molecule has 0 atom stereocenters. The molecule has 150 valence electrons. The molecule has 0 aliphatic rings. The Hall–Kier alpha value is -3.74. The van der Waals surface area contributed by atoms with Crippen molar-refractivity contribution in [3.8, 4) is 17.2 Å². The number of carbonyl (C=O) groups is 1. The zero-order valence-corrected chi connectivity index (χ0v) is 16.6. The Labute approximate surface area is 169 Å². The van der Waals surface area contributed by atoms with E-state index in [9.17, 15) is 4.79 Å². The first-order valence-electron chi connectivity index (χ1n) is 8.99. The highest BCUT2D eigenvalue weighted by atomic mass is 16.5. The van der Waals surface area contributed by atoms with Gasteiger partial charge in [0.2, 0.25) is 5.75 Å². The molecular weight excluding hydrogens is 370 g/mol. The summed E-state index contributed by atoms with van der Waals surface area (Å²) in [7, 11) is 4.67. The Morgan fingerprint density at radius 1 is 0.931 bits per heavy atom. The first kappa shape index (κ1) is 20.0. The maximum atomic E-state index is 12.3. The summed E-state index contributed by atoms with van der Waals surface area (Å²) in [6.45, 7) is 0.463. The molecule has 1 heterocycles. The van der Waals surface area contributed by atoms with Crippen molar-refractivity contribution < 1.29 is 19.0 Å². The van der Waals surface area contributed by atoms with Crippen LogP contribution in [0.3, 0.4) is 0 Å². The second-order valence-electron chi connectivity index (χ2n) is 6.14. The van der Waals surface area contributed by atoms with E-state index in [-0.39, 0.29) is 5.91 Å². The Morgan fingerprint density at radius 2 is 1.62 bits per heavy atom. The van der Waals surface area contributed by atoms with Gasteiger partial charge in [0.05, 0.1) is 26.9 Å². The van der Waals surface area contributed by atoms with Crippen LogP contribution in [0.1, 0.15) is 15.9 Å². The zero-order chi connectivity index (χ0) is 20.6. The van der Waals surface area contributed by atoms with Gasteiger partial charge in [-0.25, -0.2) is 4.98 Å². The number of nitrogens with one attached hydrogen (secondary N) is 2. The van der Waals surface area contributed by atoms with E-state index in [1.165, 1.54) is 6.20 Å². The molecule has 3 aromatic rings. The summed E-state index contributed by atoms with van der Waals surface area (Å²) in [6, 6.07) is 16.8. The van der Waals surface area contributed by atoms with Crippen molar-refractivity contribution in [2.75, 3.05) is 26.6 Å². The van der Waals surface area contributed by atoms with E-state index in [1.54, 1.807) is 45.6 Å². The molecule has 0 radical (unpaired) electrons. The first-order valence-corrected chi connectivity index (χ1v) is 8.99. The number of benzene rings is 2. The molecule has 0 saturated heterocycles. The van der Waals surface area contributed by atoms with Crippen LogP contribution in [0, 0.1) is 0 Å². The number of methoxy groups -OCH3 is 3. The van der Waals surface area contributed by atoms with Crippen LogP contribution >= 0.6 is 0 Å². The minimum Gasteiger partial charge on any atom is -0.493 e. The Kier molecular flexibility index (Phi) is 6.52. The summed E-state index contributed by atoms with van der Waals surface area (Å²) in [5.74, 6) is 1.98. The van der Waals surface area contributed by atoms with Crippen LogP contribution in [-0.4, -0.2) is 32.2 Å². The Balaban J connectivity index is 1.68. The van der Waals surface area contributed by atoms with Gasteiger partial charge >= 0.3 is 0 Å². The van der Waals surface area contributed by atoms with E-state index in [4.69, 9.17) is 14.2 Å². The average Bonchev–Trinajstić information content (AvgIpc) is 2.77. The van der Waals surface area contributed by atoms with Gasteiger partial charge in [-0.2, -0.15) is 0 Å². The number of carbonyl (C=O) groups excluding carboxylic acids is 1. The van der Waals surface area contributed by atoms with Crippen LogP contribution in [0.4, 0.5) is 11.5 Å².